The van der Waals surface area contributed by atoms with Crippen molar-refractivity contribution in [3.63, 3.8) is 0 Å². The SMILES string of the molecule is CCC(=O)[C@@H]1CCCN1C(N)=O. The van der Waals surface area contributed by atoms with Crippen LogP contribution in [0.15, 0.2) is 0 Å². The molecule has 2 N–H and O–H groups in total. The molecule has 0 aromatic carbocycles. The molecule has 4 heteroatoms. The number of hydrogen-bond donors (Lipinski definition) is 1. The van der Waals surface area contributed by atoms with Gasteiger partial charge in [-0.1, -0.05) is 6.92 Å². The number of urea groups is 1. The van der Waals surface area contributed by atoms with Crippen molar-refractivity contribution in [3.05, 3.63) is 0 Å². The molecule has 0 saturated carbocycles. The van der Waals surface area contributed by atoms with E-state index in [0.717, 1.165) is 12.8 Å². The number of Topliss-reactive ketones (excluding diaryl/α,β-unsaturated/α-hetero) is 1. The highest BCUT2D eigenvalue weighted by molar-refractivity contribution is 5.88. The Kier molecular flexibility index (Phi) is 2.68. The molecule has 1 aliphatic heterocycles. The monoisotopic (exact) mass is 170 g/mol. The predicted molar refractivity (Wildman–Crippen MR) is 44.6 cm³/mol. The Balaban J connectivity index is 2.63. The van der Waals surface area contributed by atoms with Gasteiger partial charge in [0.05, 0.1) is 6.04 Å². The third-order valence-corrected chi connectivity index (χ3v) is 2.26. The first-order valence-corrected chi connectivity index (χ1v) is 4.25. The standard InChI is InChI=1S/C8H14N2O2/c1-2-7(11)6-4-3-5-10(6)8(9)12/h6H,2-5H2,1H3,(H2,9,12)/t6-/m0/s1. The van der Waals surface area contributed by atoms with Crippen LogP contribution in [0.2, 0.25) is 0 Å². The number of primary amides is 1. The van der Waals surface area contributed by atoms with Crippen LogP contribution in [0.4, 0.5) is 4.79 Å². The summed E-state index contributed by atoms with van der Waals surface area (Å²) in [5.74, 6) is 0.117. The Labute approximate surface area is 71.7 Å². The van der Waals surface area contributed by atoms with Crippen molar-refractivity contribution in [3.8, 4) is 0 Å². The fourth-order valence-electron chi connectivity index (χ4n) is 1.60. The van der Waals surface area contributed by atoms with Crippen molar-refractivity contribution < 1.29 is 9.59 Å². The lowest BCUT2D eigenvalue weighted by Crippen LogP contribution is -2.43. The maximum absolute atomic E-state index is 11.3. The number of nitrogens with zero attached hydrogens (tertiary/aromatic N) is 1. The lowest BCUT2D eigenvalue weighted by Gasteiger charge is -2.20. The molecular formula is C8H14N2O2. The van der Waals surface area contributed by atoms with Gasteiger partial charge in [0.1, 0.15) is 0 Å². The quantitative estimate of drug-likeness (QED) is 0.656. The Bertz CT molecular complexity index is 203. The van der Waals surface area contributed by atoms with Gasteiger partial charge < -0.3 is 10.6 Å². The van der Waals surface area contributed by atoms with Crippen molar-refractivity contribution in [2.45, 2.75) is 32.2 Å². The topological polar surface area (TPSA) is 63.4 Å². The van der Waals surface area contributed by atoms with E-state index in [2.05, 4.69) is 0 Å². The Morgan fingerprint density at radius 1 is 1.58 bits per heavy atom. The molecule has 0 aromatic rings. The fourth-order valence-corrected chi connectivity index (χ4v) is 1.60. The summed E-state index contributed by atoms with van der Waals surface area (Å²) in [6.45, 7) is 2.44. The average Bonchev–Trinajstić information content (AvgIpc) is 2.50. The van der Waals surface area contributed by atoms with Crippen molar-refractivity contribution in [1.29, 1.82) is 0 Å². The van der Waals surface area contributed by atoms with Gasteiger partial charge in [-0.3, -0.25) is 4.79 Å². The molecule has 2 amide bonds. The summed E-state index contributed by atoms with van der Waals surface area (Å²) in [5.41, 5.74) is 5.12. The largest absolute Gasteiger partial charge is 0.351 e. The van der Waals surface area contributed by atoms with Crippen molar-refractivity contribution >= 4 is 11.8 Å². The first-order chi connectivity index (χ1) is 5.66. The van der Waals surface area contributed by atoms with E-state index < -0.39 is 6.03 Å². The molecule has 1 fully saturated rings. The van der Waals surface area contributed by atoms with Crippen LogP contribution in [0.25, 0.3) is 0 Å². The number of carbonyl (C=O) groups is 2. The summed E-state index contributed by atoms with van der Waals surface area (Å²) in [6.07, 6.45) is 2.14. The zero-order valence-corrected chi connectivity index (χ0v) is 7.25. The molecule has 0 unspecified atom stereocenters. The number of amides is 2. The van der Waals surface area contributed by atoms with Crippen molar-refractivity contribution in [2.75, 3.05) is 6.54 Å². The van der Waals surface area contributed by atoms with E-state index in [1.807, 2.05) is 0 Å². The third kappa shape index (κ3) is 1.57. The summed E-state index contributed by atoms with van der Waals surface area (Å²) in [7, 11) is 0. The van der Waals surface area contributed by atoms with Crippen LogP contribution in [0.5, 0.6) is 0 Å². The maximum atomic E-state index is 11.3. The minimum atomic E-state index is -0.473. The Morgan fingerprint density at radius 3 is 2.75 bits per heavy atom. The van der Waals surface area contributed by atoms with Crippen LogP contribution in [0.3, 0.4) is 0 Å². The van der Waals surface area contributed by atoms with Crippen LogP contribution in [0.1, 0.15) is 26.2 Å². The van der Waals surface area contributed by atoms with Gasteiger partial charge in [-0.25, -0.2) is 4.79 Å². The molecule has 0 radical (unpaired) electrons. The second-order valence-corrected chi connectivity index (χ2v) is 3.01. The first-order valence-electron chi connectivity index (χ1n) is 4.25. The summed E-state index contributed by atoms with van der Waals surface area (Å²) in [6, 6.07) is -0.716. The summed E-state index contributed by atoms with van der Waals surface area (Å²) in [4.78, 5) is 23.6. The molecule has 0 bridgehead atoms. The lowest BCUT2D eigenvalue weighted by molar-refractivity contribution is -0.122. The van der Waals surface area contributed by atoms with E-state index in [4.69, 9.17) is 5.73 Å². The van der Waals surface area contributed by atoms with E-state index in [1.165, 1.54) is 4.90 Å². The second-order valence-electron chi connectivity index (χ2n) is 3.01. The van der Waals surface area contributed by atoms with E-state index in [9.17, 15) is 9.59 Å². The number of rotatable bonds is 2. The minimum absolute atomic E-state index is 0.117. The van der Waals surface area contributed by atoms with Gasteiger partial charge in [0.15, 0.2) is 5.78 Å². The van der Waals surface area contributed by atoms with Gasteiger partial charge in [0, 0.05) is 13.0 Å². The number of likely N-dealkylation sites (tertiary alicyclic amines) is 1. The molecule has 0 aromatic heterocycles. The van der Waals surface area contributed by atoms with Crippen molar-refractivity contribution in [1.82, 2.24) is 4.90 Å². The van der Waals surface area contributed by atoms with E-state index >= 15 is 0 Å². The van der Waals surface area contributed by atoms with Crippen LogP contribution in [-0.2, 0) is 4.79 Å². The van der Waals surface area contributed by atoms with Gasteiger partial charge in [0.25, 0.3) is 0 Å². The molecule has 1 atom stereocenters. The fraction of sp³-hybridized carbons (Fsp3) is 0.750. The summed E-state index contributed by atoms with van der Waals surface area (Å²) >= 11 is 0. The molecule has 1 saturated heterocycles. The van der Waals surface area contributed by atoms with Crippen molar-refractivity contribution in [2.24, 2.45) is 5.73 Å². The smallest absolute Gasteiger partial charge is 0.315 e. The maximum Gasteiger partial charge on any atom is 0.315 e. The second kappa shape index (κ2) is 3.56. The summed E-state index contributed by atoms with van der Waals surface area (Å²) in [5, 5.41) is 0. The van der Waals surface area contributed by atoms with Gasteiger partial charge >= 0.3 is 6.03 Å². The molecule has 0 aliphatic carbocycles. The number of ketones is 1. The summed E-state index contributed by atoms with van der Waals surface area (Å²) < 4.78 is 0. The molecule has 0 spiro atoms. The Hall–Kier alpha value is -1.06. The highest BCUT2D eigenvalue weighted by atomic mass is 16.2. The molecule has 1 aliphatic rings. The van der Waals surface area contributed by atoms with Crippen LogP contribution in [-0.4, -0.2) is 29.3 Å². The van der Waals surface area contributed by atoms with Crippen LogP contribution < -0.4 is 5.73 Å². The Morgan fingerprint density at radius 2 is 2.25 bits per heavy atom. The average molecular weight is 170 g/mol. The third-order valence-electron chi connectivity index (χ3n) is 2.26. The normalized spacial score (nSPS) is 22.8. The van der Waals surface area contributed by atoms with Crippen LogP contribution >= 0.6 is 0 Å². The first kappa shape index (κ1) is 9.03. The molecule has 68 valence electrons. The highest BCUT2D eigenvalue weighted by Crippen LogP contribution is 2.18. The van der Waals surface area contributed by atoms with Gasteiger partial charge in [-0.2, -0.15) is 0 Å². The molecule has 4 nitrogen and oxygen atoms in total. The van der Waals surface area contributed by atoms with E-state index in [1.54, 1.807) is 6.92 Å². The number of nitrogens with two attached hydrogens (primary N) is 1. The molecule has 1 heterocycles. The predicted octanol–water partition coefficient (Wildman–Crippen LogP) is 0.509. The molecule has 12 heavy (non-hydrogen) atoms. The molecule has 1 rings (SSSR count). The zero-order chi connectivity index (χ0) is 9.14. The molecular weight excluding hydrogens is 156 g/mol. The lowest BCUT2D eigenvalue weighted by atomic mass is 10.1. The van der Waals surface area contributed by atoms with E-state index in [0.29, 0.717) is 13.0 Å². The van der Waals surface area contributed by atoms with Gasteiger partial charge in [-0.15, -0.1) is 0 Å². The van der Waals surface area contributed by atoms with Gasteiger partial charge in [0.2, 0.25) is 0 Å². The minimum Gasteiger partial charge on any atom is -0.351 e. The highest BCUT2D eigenvalue weighted by Gasteiger charge is 2.31. The van der Waals surface area contributed by atoms with E-state index in [-0.39, 0.29) is 11.8 Å². The van der Waals surface area contributed by atoms with Crippen LogP contribution in [0, 0.1) is 0 Å². The van der Waals surface area contributed by atoms with Gasteiger partial charge in [-0.05, 0) is 12.8 Å². The number of hydrogen-bond acceptors (Lipinski definition) is 2. The number of carbonyl (C=O) groups excluding carboxylic acids is 2. The zero-order valence-electron chi connectivity index (χ0n) is 7.25.